The van der Waals surface area contributed by atoms with Crippen molar-refractivity contribution in [2.75, 3.05) is 13.2 Å². The average molecular weight is 465 g/mol. The van der Waals surface area contributed by atoms with Gasteiger partial charge in [0.25, 0.3) is 0 Å². The number of amides is 1. The van der Waals surface area contributed by atoms with Crippen LogP contribution in [-0.2, 0) is 4.79 Å². The second-order valence-corrected chi connectivity index (χ2v) is 9.61. The van der Waals surface area contributed by atoms with Crippen LogP contribution in [0, 0.1) is 5.41 Å². The summed E-state index contributed by atoms with van der Waals surface area (Å²) in [5.41, 5.74) is 1.60. The van der Waals surface area contributed by atoms with Crippen LogP contribution in [0.15, 0.2) is 36.4 Å². The van der Waals surface area contributed by atoms with E-state index in [1.165, 1.54) is 31.7 Å². The molecule has 1 aliphatic rings. The fraction of sp³-hybridized carbons (Fsp3) is 0.577. The molecule has 182 valence electrons. The normalized spacial score (nSPS) is 17.3. The highest BCUT2D eigenvalue weighted by Crippen LogP contribution is 2.43. The first-order chi connectivity index (χ1) is 15.6. The van der Waals surface area contributed by atoms with Gasteiger partial charge in [-0.3, -0.25) is 10.2 Å². The van der Waals surface area contributed by atoms with Gasteiger partial charge < -0.3 is 4.74 Å². The van der Waals surface area contributed by atoms with Crippen molar-refractivity contribution < 1.29 is 22.7 Å². The predicted molar refractivity (Wildman–Crippen MR) is 125 cm³/mol. The smallest absolute Gasteiger partial charge is 0.409 e. The van der Waals surface area contributed by atoms with E-state index in [9.17, 15) is 18.0 Å². The van der Waals surface area contributed by atoms with Gasteiger partial charge in [0.15, 0.2) is 0 Å². The molecule has 1 atom stereocenters. The lowest BCUT2D eigenvalue weighted by molar-refractivity contribution is -0.191. The van der Waals surface area contributed by atoms with Crippen molar-refractivity contribution in [2.24, 2.45) is 5.41 Å². The maximum atomic E-state index is 14.2. The molecule has 1 fully saturated rings. The van der Waals surface area contributed by atoms with Gasteiger partial charge in [-0.15, -0.1) is 0 Å². The van der Waals surface area contributed by atoms with E-state index in [1.54, 1.807) is 32.0 Å². The summed E-state index contributed by atoms with van der Waals surface area (Å²) in [4.78, 5) is 12.2. The molecule has 33 heavy (non-hydrogen) atoms. The first-order valence-electron chi connectivity index (χ1n) is 11.9. The van der Waals surface area contributed by atoms with E-state index in [-0.39, 0.29) is 12.1 Å². The maximum absolute atomic E-state index is 14.2. The van der Waals surface area contributed by atoms with Crippen LogP contribution < -0.4 is 10.2 Å². The molecule has 0 unspecified atom stereocenters. The molecule has 0 aliphatic carbocycles. The molecule has 0 radical (unpaired) electrons. The van der Waals surface area contributed by atoms with Crippen molar-refractivity contribution in [2.45, 2.75) is 77.9 Å². The molecule has 3 rings (SSSR count). The molecule has 1 aliphatic heterocycles. The Balaban J connectivity index is 1.80. The predicted octanol–water partition coefficient (Wildman–Crippen LogP) is 6.95. The van der Waals surface area contributed by atoms with Gasteiger partial charge in [0.05, 0.1) is 12.0 Å². The number of carbonyl (C=O) groups is 1. The number of hydrogen-bond donors (Lipinski definition) is 1. The molecule has 0 spiro atoms. The molecular weight excluding hydrogens is 429 g/mol. The minimum absolute atomic E-state index is 0.0307. The Morgan fingerprint density at radius 2 is 1.73 bits per heavy atom. The van der Waals surface area contributed by atoms with E-state index < -0.39 is 23.5 Å². The quantitative estimate of drug-likeness (QED) is 0.366. The lowest BCUT2D eigenvalue weighted by Crippen LogP contribution is -2.43. The Morgan fingerprint density at radius 3 is 2.36 bits per heavy atom. The number of fused-ring (bicyclic) bond motifs is 1. The highest BCUT2D eigenvalue weighted by molar-refractivity contribution is 5.89. The fourth-order valence-corrected chi connectivity index (χ4v) is 4.34. The number of benzene rings is 2. The molecule has 1 N–H and O–H groups in total. The first-order valence-corrected chi connectivity index (χ1v) is 11.9. The third-order valence-corrected chi connectivity index (χ3v) is 6.21. The van der Waals surface area contributed by atoms with E-state index in [0.29, 0.717) is 17.7 Å². The molecule has 0 aromatic heterocycles. The Bertz CT molecular complexity index is 943. The number of carbonyl (C=O) groups excluding carboxylic acids is 1. The molecule has 2 aromatic rings. The van der Waals surface area contributed by atoms with Crippen LogP contribution in [0.3, 0.4) is 0 Å². The third-order valence-electron chi connectivity index (χ3n) is 6.21. The van der Waals surface area contributed by atoms with Gasteiger partial charge in [0.1, 0.15) is 11.8 Å². The van der Waals surface area contributed by atoms with Crippen LogP contribution in [-0.4, -0.2) is 30.2 Å². The molecular formula is C26H35F3N2O2. The average Bonchev–Trinajstić information content (AvgIpc) is 3.00. The summed E-state index contributed by atoms with van der Waals surface area (Å²) in [6.07, 6.45) is 3.40. The van der Waals surface area contributed by atoms with E-state index in [0.717, 1.165) is 29.7 Å². The molecule has 0 saturated carbocycles. The number of ether oxygens (including phenoxy) is 1. The molecule has 1 saturated heterocycles. The Labute approximate surface area is 194 Å². The van der Waals surface area contributed by atoms with Gasteiger partial charge >= 0.3 is 6.18 Å². The molecule has 4 nitrogen and oxygen atoms in total. The van der Waals surface area contributed by atoms with Crippen LogP contribution in [0.25, 0.3) is 10.8 Å². The van der Waals surface area contributed by atoms with Gasteiger partial charge in [-0.05, 0) is 43.4 Å². The zero-order valence-electron chi connectivity index (χ0n) is 19.8. The van der Waals surface area contributed by atoms with E-state index in [4.69, 9.17) is 4.74 Å². The maximum Gasteiger partial charge on any atom is 0.409 e. The highest BCUT2D eigenvalue weighted by Gasteiger charge is 2.51. The van der Waals surface area contributed by atoms with Crippen LogP contribution in [0.1, 0.15) is 77.3 Å². The summed E-state index contributed by atoms with van der Waals surface area (Å²) < 4.78 is 48.6. The van der Waals surface area contributed by atoms with Crippen LogP contribution in [0.4, 0.5) is 13.2 Å². The Hall–Kier alpha value is -2.28. The summed E-state index contributed by atoms with van der Waals surface area (Å²) in [5, 5.41) is 2.48. The van der Waals surface area contributed by atoms with Gasteiger partial charge in [-0.2, -0.15) is 13.2 Å². The van der Waals surface area contributed by atoms with E-state index in [2.05, 4.69) is 12.3 Å². The van der Waals surface area contributed by atoms with Crippen LogP contribution in [0.5, 0.6) is 5.75 Å². The van der Waals surface area contributed by atoms with Gasteiger partial charge in [0.2, 0.25) is 5.91 Å². The minimum atomic E-state index is -4.56. The lowest BCUT2D eigenvalue weighted by Gasteiger charge is -2.30. The summed E-state index contributed by atoms with van der Waals surface area (Å²) in [5.74, 6) is 0.0427. The van der Waals surface area contributed by atoms with Crippen molar-refractivity contribution in [1.82, 2.24) is 10.4 Å². The second-order valence-electron chi connectivity index (χ2n) is 9.61. The largest absolute Gasteiger partial charge is 0.493 e. The first kappa shape index (κ1) is 25.3. The number of alkyl halides is 3. The Kier molecular flexibility index (Phi) is 8.27. The molecule has 1 heterocycles. The van der Waals surface area contributed by atoms with E-state index in [1.807, 2.05) is 12.1 Å². The second kappa shape index (κ2) is 10.8. The number of nitrogens with one attached hydrogen (secondary N) is 1. The fourth-order valence-electron chi connectivity index (χ4n) is 4.34. The zero-order chi connectivity index (χ0) is 24.1. The zero-order valence-corrected chi connectivity index (χ0v) is 19.8. The number of unbranched alkanes of at least 4 members (excludes halogenated alkanes) is 6. The van der Waals surface area contributed by atoms with Gasteiger partial charge in [0, 0.05) is 11.9 Å². The summed E-state index contributed by atoms with van der Waals surface area (Å²) in [7, 11) is 0. The van der Waals surface area contributed by atoms with Gasteiger partial charge in [-0.1, -0.05) is 69.7 Å². The highest BCUT2D eigenvalue weighted by atomic mass is 19.4. The summed E-state index contributed by atoms with van der Waals surface area (Å²) >= 11 is 0. The molecule has 2 aromatic carbocycles. The summed E-state index contributed by atoms with van der Waals surface area (Å²) in [6, 6.07) is 8.39. The van der Waals surface area contributed by atoms with Crippen molar-refractivity contribution in [3.05, 3.63) is 42.0 Å². The Morgan fingerprint density at radius 1 is 1.06 bits per heavy atom. The number of halogens is 3. The molecule has 7 heteroatoms. The third kappa shape index (κ3) is 6.40. The van der Waals surface area contributed by atoms with Crippen molar-refractivity contribution in [1.29, 1.82) is 0 Å². The SMILES string of the molecule is CCCCCCCCCOc1cc([C@H](N2CC(C)(C)C(=O)N2)C(F)(F)F)cc2ccccc12. The number of rotatable bonds is 11. The topological polar surface area (TPSA) is 41.6 Å². The number of hydrogen-bond acceptors (Lipinski definition) is 3. The van der Waals surface area contributed by atoms with Crippen molar-refractivity contribution >= 4 is 16.7 Å². The van der Waals surface area contributed by atoms with E-state index >= 15 is 0 Å². The van der Waals surface area contributed by atoms with Crippen molar-refractivity contribution in [3.8, 4) is 5.75 Å². The standard InChI is InChI=1S/C26H35F3N2O2/c1-4-5-6-7-8-9-12-15-33-22-17-20(16-19-13-10-11-14-21(19)22)23(26(27,28)29)31-18-25(2,3)24(32)30-31/h10-11,13-14,16-17,23H,4-9,12,15,18H2,1-3H3,(H,30,32)/t23-/m0/s1. The van der Waals surface area contributed by atoms with Crippen molar-refractivity contribution in [3.63, 3.8) is 0 Å². The minimum Gasteiger partial charge on any atom is -0.493 e. The monoisotopic (exact) mass is 464 g/mol. The van der Waals surface area contributed by atoms with Gasteiger partial charge in [-0.25, -0.2) is 5.01 Å². The number of hydrazine groups is 1. The van der Waals surface area contributed by atoms with Crippen LogP contribution in [0.2, 0.25) is 0 Å². The summed E-state index contributed by atoms with van der Waals surface area (Å²) in [6.45, 7) is 5.91. The molecule has 0 bridgehead atoms. The number of nitrogens with zero attached hydrogens (tertiary/aromatic N) is 1. The van der Waals surface area contributed by atoms with Crippen LogP contribution >= 0.6 is 0 Å². The molecule has 1 amide bonds. The lowest BCUT2D eigenvalue weighted by atomic mass is 9.93.